The fourth-order valence-electron chi connectivity index (χ4n) is 3.74. The van der Waals surface area contributed by atoms with Gasteiger partial charge in [-0.05, 0) is 36.3 Å². The molecule has 2 fully saturated rings. The highest BCUT2D eigenvalue weighted by atomic mass is 35.5. The minimum Gasteiger partial charge on any atom is -0.480 e. The fraction of sp³-hybridized carbons (Fsp3) is 0.533. The molecule has 0 bridgehead atoms. The number of likely N-dealkylation sites (tertiary alicyclic amines) is 1. The molecule has 1 aromatic rings. The van der Waals surface area contributed by atoms with Crippen molar-refractivity contribution in [3.63, 3.8) is 0 Å². The summed E-state index contributed by atoms with van der Waals surface area (Å²) in [5, 5.41) is 10.2. The first-order valence-electron chi connectivity index (χ1n) is 6.87. The Morgan fingerprint density at radius 3 is 2.89 bits per heavy atom. The normalized spacial score (nSPS) is 30.5. The molecular formula is C15H18ClNO2. The minimum atomic E-state index is -0.679. The van der Waals surface area contributed by atoms with Gasteiger partial charge in [0.15, 0.2) is 0 Å². The van der Waals surface area contributed by atoms with Gasteiger partial charge >= 0.3 is 5.97 Å². The number of fused-ring (bicyclic) bond motifs is 1. The van der Waals surface area contributed by atoms with Crippen LogP contribution >= 0.6 is 11.6 Å². The Morgan fingerprint density at radius 1 is 1.37 bits per heavy atom. The fourth-order valence-corrected chi connectivity index (χ4v) is 3.94. The SMILES string of the molecule is O=C(O)C1C2CCCC2CN1Cc1ccccc1Cl. The molecule has 3 rings (SSSR count). The molecule has 0 aromatic heterocycles. The number of halogens is 1. The Bertz CT molecular complexity index is 491. The highest BCUT2D eigenvalue weighted by Gasteiger charge is 2.47. The summed E-state index contributed by atoms with van der Waals surface area (Å²) in [5.74, 6) is 0.213. The van der Waals surface area contributed by atoms with Crippen LogP contribution in [-0.2, 0) is 11.3 Å². The van der Waals surface area contributed by atoms with Gasteiger partial charge in [0.05, 0.1) is 0 Å². The number of rotatable bonds is 3. The van der Waals surface area contributed by atoms with Crippen LogP contribution in [0.15, 0.2) is 24.3 Å². The van der Waals surface area contributed by atoms with Gasteiger partial charge in [-0.25, -0.2) is 0 Å². The van der Waals surface area contributed by atoms with E-state index in [2.05, 4.69) is 4.90 Å². The van der Waals surface area contributed by atoms with E-state index in [1.165, 1.54) is 12.8 Å². The monoisotopic (exact) mass is 279 g/mol. The number of benzene rings is 1. The Kier molecular flexibility index (Phi) is 3.50. The van der Waals surface area contributed by atoms with Crippen LogP contribution < -0.4 is 0 Å². The van der Waals surface area contributed by atoms with Gasteiger partial charge in [0.2, 0.25) is 0 Å². The van der Waals surface area contributed by atoms with Crippen molar-refractivity contribution in [1.82, 2.24) is 4.90 Å². The Labute approximate surface area is 118 Å². The van der Waals surface area contributed by atoms with E-state index in [-0.39, 0.29) is 6.04 Å². The number of carboxylic acid groups (broad SMARTS) is 1. The van der Waals surface area contributed by atoms with Crippen LogP contribution in [0.5, 0.6) is 0 Å². The van der Waals surface area contributed by atoms with Crippen molar-refractivity contribution >= 4 is 17.6 Å². The van der Waals surface area contributed by atoms with Gasteiger partial charge in [-0.3, -0.25) is 9.69 Å². The van der Waals surface area contributed by atoms with E-state index < -0.39 is 5.97 Å². The van der Waals surface area contributed by atoms with Crippen molar-refractivity contribution in [2.45, 2.75) is 31.8 Å². The summed E-state index contributed by atoms with van der Waals surface area (Å²) in [6.07, 6.45) is 3.41. The molecule has 0 amide bonds. The van der Waals surface area contributed by atoms with Crippen LogP contribution in [0.1, 0.15) is 24.8 Å². The molecule has 1 saturated heterocycles. The molecule has 3 unspecified atom stereocenters. The van der Waals surface area contributed by atoms with Crippen LogP contribution in [-0.4, -0.2) is 28.6 Å². The van der Waals surface area contributed by atoms with E-state index in [1.807, 2.05) is 24.3 Å². The number of hydrogen-bond donors (Lipinski definition) is 1. The van der Waals surface area contributed by atoms with E-state index in [0.29, 0.717) is 18.4 Å². The van der Waals surface area contributed by atoms with Crippen LogP contribution in [0.2, 0.25) is 5.02 Å². The van der Waals surface area contributed by atoms with Gasteiger partial charge in [0.1, 0.15) is 6.04 Å². The van der Waals surface area contributed by atoms with Crippen LogP contribution in [0.4, 0.5) is 0 Å². The summed E-state index contributed by atoms with van der Waals surface area (Å²) in [7, 11) is 0. The quantitative estimate of drug-likeness (QED) is 0.925. The number of carbonyl (C=O) groups is 1. The predicted molar refractivity (Wildman–Crippen MR) is 74.1 cm³/mol. The van der Waals surface area contributed by atoms with Crippen molar-refractivity contribution in [3.05, 3.63) is 34.9 Å². The first-order valence-corrected chi connectivity index (χ1v) is 7.25. The number of hydrogen-bond acceptors (Lipinski definition) is 2. The minimum absolute atomic E-state index is 0.330. The molecule has 4 heteroatoms. The maximum Gasteiger partial charge on any atom is 0.321 e. The first kappa shape index (κ1) is 12.9. The Balaban J connectivity index is 1.81. The molecule has 2 aliphatic rings. The number of carboxylic acids is 1. The van der Waals surface area contributed by atoms with E-state index in [1.54, 1.807) is 0 Å². The Hall–Kier alpha value is -1.06. The zero-order valence-corrected chi connectivity index (χ0v) is 11.5. The number of nitrogens with zero attached hydrogens (tertiary/aromatic N) is 1. The summed E-state index contributed by atoms with van der Waals surface area (Å²) >= 11 is 6.18. The van der Waals surface area contributed by atoms with E-state index in [0.717, 1.165) is 23.6 Å². The second kappa shape index (κ2) is 5.14. The molecule has 0 radical (unpaired) electrons. The number of aliphatic carboxylic acids is 1. The summed E-state index contributed by atoms with van der Waals surface area (Å²) in [6.45, 7) is 1.54. The third-order valence-electron chi connectivity index (χ3n) is 4.57. The van der Waals surface area contributed by atoms with Crippen molar-refractivity contribution < 1.29 is 9.90 Å². The lowest BCUT2D eigenvalue weighted by atomic mass is 9.94. The molecule has 0 spiro atoms. The molecule has 102 valence electrons. The van der Waals surface area contributed by atoms with Crippen LogP contribution in [0.3, 0.4) is 0 Å². The van der Waals surface area contributed by atoms with E-state index >= 15 is 0 Å². The van der Waals surface area contributed by atoms with Gasteiger partial charge in [0, 0.05) is 18.1 Å². The third kappa shape index (κ3) is 2.37. The molecule has 1 saturated carbocycles. The molecular weight excluding hydrogens is 262 g/mol. The molecule has 1 aliphatic heterocycles. The molecule has 3 nitrogen and oxygen atoms in total. The maximum atomic E-state index is 11.6. The largest absolute Gasteiger partial charge is 0.480 e. The average Bonchev–Trinajstić information content (AvgIpc) is 2.91. The topological polar surface area (TPSA) is 40.5 Å². The average molecular weight is 280 g/mol. The standard InChI is InChI=1S/C15H18ClNO2/c16-13-7-2-1-4-11(13)9-17-8-10-5-3-6-12(10)14(17)15(18)19/h1-2,4,7,10,12,14H,3,5-6,8-9H2,(H,18,19). The highest BCUT2D eigenvalue weighted by Crippen LogP contribution is 2.43. The summed E-state index contributed by atoms with van der Waals surface area (Å²) in [4.78, 5) is 13.7. The molecule has 1 heterocycles. The summed E-state index contributed by atoms with van der Waals surface area (Å²) in [5.41, 5.74) is 1.02. The molecule has 1 aliphatic carbocycles. The van der Waals surface area contributed by atoms with E-state index in [9.17, 15) is 9.90 Å². The lowest BCUT2D eigenvalue weighted by Crippen LogP contribution is -2.39. The van der Waals surface area contributed by atoms with Crippen LogP contribution in [0, 0.1) is 11.8 Å². The summed E-state index contributed by atoms with van der Waals surface area (Å²) in [6, 6.07) is 7.37. The molecule has 19 heavy (non-hydrogen) atoms. The zero-order chi connectivity index (χ0) is 13.4. The van der Waals surface area contributed by atoms with Gasteiger partial charge in [-0.2, -0.15) is 0 Å². The highest BCUT2D eigenvalue weighted by molar-refractivity contribution is 6.31. The molecule has 3 atom stereocenters. The van der Waals surface area contributed by atoms with Gasteiger partial charge in [-0.15, -0.1) is 0 Å². The van der Waals surface area contributed by atoms with Crippen molar-refractivity contribution in [3.8, 4) is 0 Å². The molecule has 1 N–H and O–H groups in total. The van der Waals surface area contributed by atoms with Crippen molar-refractivity contribution in [2.24, 2.45) is 11.8 Å². The van der Waals surface area contributed by atoms with Crippen molar-refractivity contribution in [2.75, 3.05) is 6.54 Å². The van der Waals surface area contributed by atoms with Gasteiger partial charge in [-0.1, -0.05) is 36.2 Å². The maximum absolute atomic E-state index is 11.6. The van der Waals surface area contributed by atoms with Gasteiger partial charge in [0.25, 0.3) is 0 Å². The second-order valence-electron chi connectivity index (χ2n) is 5.66. The van der Waals surface area contributed by atoms with E-state index in [4.69, 9.17) is 11.6 Å². The summed E-state index contributed by atoms with van der Waals surface area (Å²) < 4.78 is 0. The third-order valence-corrected chi connectivity index (χ3v) is 4.94. The molecule has 1 aromatic carbocycles. The smallest absolute Gasteiger partial charge is 0.321 e. The zero-order valence-electron chi connectivity index (χ0n) is 10.8. The van der Waals surface area contributed by atoms with Crippen LogP contribution in [0.25, 0.3) is 0 Å². The van der Waals surface area contributed by atoms with Crippen molar-refractivity contribution in [1.29, 1.82) is 0 Å². The lowest BCUT2D eigenvalue weighted by Gasteiger charge is -2.24. The Morgan fingerprint density at radius 2 is 2.16 bits per heavy atom. The lowest BCUT2D eigenvalue weighted by molar-refractivity contribution is -0.143. The van der Waals surface area contributed by atoms with Gasteiger partial charge < -0.3 is 5.11 Å². The first-order chi connectivity index (χ1) is 9.16. The second-order valence-corrected chi connectivity index (χ2v) is 6.07. The predicted octanol–water partition coefficient (Wildman–Crippen LogP) is 3.03.